The van der Waals surface area contributed by atoms with Crippen LogP contribution in [0, 0.1) is 6.92 Å². The fraction of sp³-hybridized carbons (Fsp3) is 0.217. The van der Waals surface area contributed by atoms with Gasteiger partial charge in [0.15, 0.2) is 10.8 Å². The molecule has 1 N–H and O–H groups in total. The lowest BCUT2D eigenvalue weighted by atomic mass is 10.1. The van der Waals surface area contributed by atoms with Gasteiger partial charge in [0.05, 0.1) is 17.6 Å². The van der Waals surface area contributed by atoms with Crippen molar-refractivity contribution in [1.29, 1.82) is 0 Å². The van der Waals surface area contributed by atoms with Crippen molar-refractivity contribution in [2.75, 3.05) is 10.7 Å². The predicted molar refractivity (Wildman–Crippen MR) is 122 cm³/mol. The summed E-state index contributed by atoms with van der Waals surface area (Å²) in [5.41, 5.74) is 4.29. The molecule has 4 aromatic rings. The van der Waals surface area contributed by atoms with E-state index in [4.69, 9.17) is 0 Å². The molecule has 0 saturated heterocycles. The van der Waals surface area contributed by atoms with Crippen LogP contribution < -0.4 is 10.5 Å². The quantitative estimate of drug-likeness (QED) is 0.395. The number of anilines is 1. The second-order valence-corrected chi connectivity index (χ2v) is 8.70. The largest absolute Gasteiger partial charge is 0.308 e. The molecule has 1 aliphatic heterocycles. The Bertz CT molecular complexity index is 1360. The summed E-state index contributed by atoms with van der Waals surface area (Å²) >= 11 is 1.23. The minimum atomic E-state index is -0.265. The molecule has 8 heteroatoms. The first kappa shape index (κ1) is 19.6. The Labute approximate surface area is 183 Å². The lowest BCUT2D eigenvalue weighted by Gasteiger charge is -2.22. The summed E-state index contributed by atoms with van der Waals surface area (Å²) in [5.74, 6) is 0.184. The number of aromatic nitrogens is 4. The lowest BCUT2D eigenvalue weighted by Crippen LogP contribution is -2.37. The number of nitrogens with zero attached hydrogens (tertiary/aromatic N) is 4. The normalized spacial score (nSPS) is 15.4. The van der Waals surface area contributed by atoms with Crippen LogP contribution in [0.25, 0.3) is 16.7 Å². The standard InChI is InChI=1S/C23H21N5O2S/c1-14-6-5-8-17(10-14)28-21-18(12-24-28)22(30)26-23(25-21)31-13-20(29)27-15(2)11-16-7-3-4-9-19(16)27/h3-10,12,15H,11,13H2,1-2H3,(H,25,26,30)/t15-/m1/s1. The summed E-state index contributed by atoms with van der Waals surface area (Å²) < 4.78 is 1.66. The van der Waals surface area contributed by atoms with E-state index < -0.39 is 0 Å². The molecule has 0 bridgehead atoms. The van der Waals surface area contributed by atoms with Gasteiger partial charge in [-0.3, -0.25) is 9.59 Å². The molecule has 2 aromatic carbocycles. The van der Waals surface area contributed by atoms with E-state index in [1.807, 2.05) is 54.3 Å². The Balaban J connectivity index is 1.42. The summed E-state index contributed by atoms with van der Waals surface area (Å²) in [7, 11) is 0. The predicted octanol–water partition coefficient (Wildman–Crippen LogP) is 3.49. The van der Waals surface area contributed by atoms with Crippen molar-refractivity contribution in [2.45, 2.75) is 31.5 Å². The van der Waals surface area contributed by atoms with E-state index >= 15 is 0 Å². The maximum atomic E-state index is 13.0. The molecule has 3 heterocycles. The van der Waals surface area contributed by atoms with Crippen LogP contribution in [0.15, 0.2) is 64.7 Å². The second kappa shape index (κ2) is 7.70. The van der Waals surface area contributed by atoms with Gasteiger partial charge in [0.25, 0.3) is 5.56 Å². The molecule has 0 spiro atoms. The number of thioether (sulfide) groups is 1. The highest BCUT2D eigenvalue weighted by Crippen LogP contribution is 2.32. The average molecular weight is 432 g/mol. The number of fused-ring (bicyclic) bond motifs is 2. The highest BCUT2D eigenvalue weighted by molar-refractivity contribution is 7.99. The smallest absolute Gasteiger partial charge is 0.262 e. The first-order chi connectivity index (χ1) is 15.0. The van der Waals surface area contributed by atoms with Crippen LogP contribution in [0.5, 0.6) is 0 Å². The van der Waals surface area contributed by atoms with Crippen LogP contribution in [-0.4, -0.2) is 37.5 Å². The van der Waals surface area contributed by atoms with Crippen molar-refractivity contribution in [3.05, 3.63) is 76.2 Å². The Kier molecular flexibility index (Phi) is 4.86. The number of carbonyl (C=O) groups excluding carboxylic acids is 1. The van der Waals surface area contributed by atoms with E-state index in [-0.39, 0.29) is 23.3 Å². The summed E-state index contributed by atoms with van der Waals surface area (Å²) in [5, 5.41) is 5.17. The zero-order valence-corrected chi connectivity index (χ0v) is 18.0. The number of rotatable bonds is 4. The summed E-state index contributed by atoms with van der Waals surface area (Å²) in [6.07, 6.45) is 2.37. The van der Waals surface area contributed by atoms with E-state index in [1.165, 1.54) is 23.5 Å². The summed E-state index contributed by atoms with van der Waals surface area (Å²) in [6.45, 7) is 4.05. The molecule has 0 fully saturated rings. The van der Waals surface area contributed by atoms with Crippen LogP contribution in [0.4, 0.5) is 5.69 Å². The van der Waals surface area contributed by atoms with Crippen molar-refractivity contribution in [2.24, 2.45) is 0 Å². The van der Waals surface area contributed by atoms with Gasteiger partial charge in [-0.1, -0.05) is 42.1 Å². The molecule has 2 aromatic heterocycles. The molecule has 1 atom stereocenters. The number of H-pyrrole nitrogens is 1. The van der Waals surface area contributed by atoms with Crippen LogP contribution in [0.3, 0.4) is 0 Å². The number of hydrogen-bond donors (Lipinski definition) is 1. The van der Waals surface area contributed by atoms with E-state index in [2.05, 4.69) is 28.1 Å². The highest BCUT2D eigenvalue weighted by Gasteiger charge is 2.30. The van der Waals surface area contributed by atoms with Gasteiger partial charge < -0.3 is 9.88 Å². The first-order valence-electron chi connectivity index (χ1n) is 10.1. The maximum absolute atomic E-state index is 13.0. The Morgan fingerprint density at radius 2 is 2.06 bits per heavy atom. The number of amides is 1. The third-order valence-electron chi connectivity index (χ3n) is 5.47. The van der Waals surface area contributed by atoms with Gasteiger partial charge in [-0.2, -0.15) is 5.10 Å². The number of aromatic amines is 1. The van der Waals surface area contributed by atoms with E-state index in [9.17, 15) is 9.59 Å². The fourth-order valence-electron chi connectivity index (χ4n) is 4.06. The number of aryl methyl sites for hydroxylation is 1. The minimum Gasteiger partial charge on any atom is -0.308 e. The third kappa shape index (κ3) is 3.53. The van der Waals surface area contributed by atoms with Gasteiger partial charge in [0.2, 0.25) is 5.91 Å². The molecule has 0 saturated carbocycles. The zero-order valence-electron chi connectivity index (χ0n) is 17.2. The lowest BCUT2D eigenvalue weighted by molar-refractivity contribution is -0.116. The molecule has 1 aliphatic rings. The first-order valence-corrected chi connectivity index (χ1v) is 11.1. The molecular formula is C23H21N5O2S. The molecule has 156 valence electrons. The number of benzene rings is 2. The van der Waals surface area contributed by atoms with E-state index in [0.717, 1.165) is 23.4 Å². The van der Waals surface area contributed by atoms with Crippen molar-refractivity contribution < 1.29 is 4.79 Å². The van der Waals surface area contributed by atoms with Gasteiger partial charge in [-0.05, 0) is 49.6 Å². The molecule has 5 rings (SSSR count). The number of hydrogen-bond acceptors (Lipinski definition) is 5. The molecule has 0 aliphatic carbocycles. The van der Waals surface area contributed by atoms with Crippen molar-refractivity contribution in [3.63, 3.8) is 0 Å². The monoisotopic (exact) mass is 431 g/mol. The molecule has 0 radical (unpaired) electrons. The fourth-order valence-corrected chi connectivity index (χ4v) is 4.78. The zero-order chi connectivity index (χ0) is 21.5. The molecule has 0 unspecified atom stereocenters. The Morgan fingerprint density at radius 1 is 1.23 bits per heavy atom. The van der Waals surface area contributed by atoms with Crippen LogP contribution in [-0.2, 0) is 11.2 Å². The van der Waals surface area contributed by atoms with Crippen molar-refractivity contribution in [3.8, 4) is 5.69 Å². The third-order valence-corrected chi connectivity index (χ3v) is 6.33. The highest BCUT2D eigenvalue weighted by atomic mass is 32.2. The topological polar surface area (TPSA) is 83.9 Å². The number of nitrogens with one attached hydrogen (secondary N) is 1. The van der Waals surface area contributed by atoms with Gasteiger partial charge in [-0.15, -0.1) is 0 Å². The van der Waals surface area contributed by atoms with E-state index in [1.54, 1.807) is 4.68 Å². The van der Waals surface area contributed by atoms with Gasteiger partial charge in [0, 0.05) is 11.7 Å². The molecule has 7 nitrogen and oxygen atoms in total. The van der Waals surface area contributed by atoms with Gasteiger partial charge in [-0.25, -0.2) is 9.67 Å². The van der Waals surface area contributed by atoms with Gasteiger partial charge >= 0.3 is 0 Å². The number of para-hydroxylation sites is 1. The second-order valence-electron chi connectivity index (χ2n) is 7.74. The molecule has 31 heavy (non-hydrogen) atoms. The Morgan fingerprint density at radius 3 is 2.90 bits per heavy atom. The molecule has 1 amide bonds. The summed E-state index contributed by atoms with van der Waals surface area (Å²) in [4.78, 5) is 34.8. The Hall–Kier alpha value is -3.39. The van der Waals surface area contributed by atoms with Crippen LogP contribution in [0.1, 0.15) is 18.1 Å². The minimum absolute atomic E-state index is 0.00242. The average Bonchev–Trinajstić information content (AvgIpc) is 3.32. The van der Waals surface area contributed by atoms with Crippen LogP contribution in [0.2, 0.25) is 0 Å². The number of carbonyl (C=O) groups is 1. The maximum Gasteiger partial charge on any atom is 0.262 e. The van der Waals surface area contributed by atoms with Crippen molar-refractivity contribution in [1.82, 2.24) is 19.7 Å². The SMILES string of the molecule is Cc1cccc(-n2ncc3c(=O)[nH]c(SCC(=O)N4c5ccccc5C[C@H]4C)nc32)c1. The van der Waals surface area contributed by atoms with Gasteiger partial charge in [0.1, 0.15) is 5.39 Å². The summed E-state index contributed by atoms with van der Waals surface area (Å²) in [6, 6.07) is 15.9. The van der Waals surface area contributed by atoms with E-state index in [0.29, 0.717) is 16.2 Å². The van der Waals surface area contributed by atoms with Crippen molar-refractivity contribution >= 4 is 34.4 Å². The molecular weight excluding hydrogens is 410 g/mol. The van der Waals surface area contributed by atoms with Crippen LogP contribution >= 0.6 is 11.8 Å².